The largest absolute Gasteiger partial charge is 0.338 e. The molecule has 0 spiro atoms. The van der Waals surface area contributed by atoms with Crippen molar-refractivity contribution in [2.24, 2.45) is 7.05 Å². The maximum atomic E-state index is 15.4. The van der Waals surface area contributed by atoms with Gasteiger partial charge in [-0.1, -0.05) is 0 Å². The van der Waals surface area contributed by atoms with Crippen molar-refractivity contribution < 1.29 is 8.78 Å². The standard InChI is InChI=1S/C26H25F2N7O/c1-15-11-17(12-16(2)23(15)27)35-25(18-13-29-8-4-5-20(18)31-35)34-10-9-33(26(34)36)22-7-6-21-19(24(22)28)14-30-32(21)3/h6-7,9-12,14,29H,4-5,8,13H2,1-3H3. The predicted octanol–water partition coefficient (Wildman–Crippen LogP) is 3.63. The second-order valence-electron chi connectivity index (χ2n) is 9.25. The molecule has 3 aromatic heterocycles. The van der Waals surface area contributed by atoms with Crippen LogP contribution in [-0.2, 0) is 20.0 Å². The number of fused-ring (bicyclic) bond motifs is 2. The van der Waals surface area contributed by atoms with Crippen molar-refractivity contribution in [3.05, 3.63) is 87.4 Å². The second-order valence-corrected chi connectivity index (χ2v) is 9.25. The number of aromatic nitrogens is 6. The Morgan fingerprint density at radius 1 is 1.03 bits per heavy atom. The van der Waals surface area contributed by atoms with Crippen LogP contribution in [0.3, 0.4) is 0 Å². The number of rotatable bonds is 3. The molecule has 10 heteroatoms. The van der Waals surface area contributed by atoms with Gasteiger partial charge in [0.15, 0.2) is 5.82 Å². The van der Waals surface area contributed by atoms with E-state index in [9.17, 15) is 9.18 Å². The first-order chi connectivity index (χ1) is 17.3. The average molecular weight is 490 g/mol. The quantitative estimate of drug-likeness (QED) is 0.420. The van der Waals surface area contributed by atoms with Gasteiger partial charge in [0.25, 0.3) is 0 Å². The van der Waals surface area contributed by atoms with Crippen LogP contribution in [0.25, 0.3) is 28.1 Å². The highest BCUT2D eigenvalue weighted by Gasteiger charge is 2.25. The number of aryl methyl sites for hydroxylation is 4. The third kappa shape index (κ3) is 3.32. The highest BCUT2D eigenvalue weighted by atomic mass is 19.1. The molecule has 0 atom stereocenters. The minimum absolute atomic E-state index is 0.142. The Hall–Kier alpha value is -4.05. The normalized spacial score (nSPS) is 13.8. The zero-order valence-corrected chi connectivity index (χ0v) is 20.2. The molecule has 5 aromatic rings. The zero-order chi connectivity index (χ0) is 25.1. The molecular formula is C26H25F2N7O. The van der Waals surface area contributed by atoms with Crippen molar-refractivity contribution in [3.8, 4) is 17.2 Å². The molecule has 0 fully saturated rings. The van der Waals surface area contributed by atoms with Gasteiger partial charge in [0.05, 0.1) is 34.2 Å². The zero-order valence-electron chi connectivity index (χ0n) is 20.2. The molecule has 0 saturated carbocycles. The fraction of sp³-hybridized carbons (Fsp3) is 0.269. The van der Waals surface area contributed by atoms with Gasteiger partial charge < -0.3 is 5.32 Å². The Labute approximate surface area is 205 Å². The van der Waals surface area contributed by atoms with Crippen LogP contribution < -0.4 is 11.0 Å². The fourth-order valence-electron chi connectivity index (χ4n) is 5.02. The number of hydrogen-bond acceptors (Lipinski definition) is 4. The molecule has 184 valence electrons. The summed E-state index contributed by atoms with van der Waals surface area (Å²) < 4.78 is 35.9. The van der Waals surface area contributed by atoms with Crippen LogP contribution >= 0.6 is 0 Å². The van der Waals surface area contributed by atoms with Crippen molar-refractivity contribution >= 4 is 10.9 Å². The molecule has 6 rings (SSSR count). The van der Waals surface area contributed by atoms with E-state index in [0.717, 1.165) is 30.6 Å². The van der Waals surface area contributed by atoms with E-state index in [1.54, 1.807) is 66.9 Å². The van der Waals surface area contributed by atoms with Crippen molar-refractivity contribution in [1.82, 2.24) is 34.0 Å². The Kier molecular flexibility index (Phi) is 5.15. The Morgan fingerprint density at radius 2 is 1.78 bits per heavy atom. The van der Waals surface area contributed by atoms with Gasteiger partial charge in [-0.25, -0.2) is 18.3 Å². The average Bonchev–Trinajstić information content (AvgIpc) is 3.47. The second kappa shape index (κ2) is 8.27. The number of benzene rings is 2. The molecule has 1 aliphatic heterocycles. The van der Waals surface area contributed by atoms with Crippen LogP contribution in [-0.4, -0.2) is 35.2 Å². The lowest BCUT2D eigenvalue weighted by Gasteiger charge is -2.13. The molecule has 8 nitrogen and oxygen atoms in total. The molecule has 0 radical (unpaired) electrons. The van der Waals surface area contributed by atoms with Crippen LogP contribution in [0, 0.1) is 25.5 Å². The number of nitrogens with one attached hydrogen (secondary N) is 1. The molecule has 36 heavy (non-hydrogen) atoms. The third-order valence-electron chi connectivity index (χ3n) is 6.88. The summed E-state index contributed by atoms with van der Waals surface area (Å²) >= 11 is 0. The maximum absolute atomic E-state index is 15.4. The molecular weight excluding hydrogens is 464 g/mol. The molecule has 1 N–H and O–H groups in total. The van der Waals surface area contributed by atoms with Crippen LogP contribution in [0.15, 0.2) is 47.7 Å². The topological polar surface area (TPSA) is 74.6 Å². The van der Waals surface area contributed by atoms with Crippen molar-refractivity contribution in [2.45, 2.75) is 33.2 Å². The van der Waals surface area contributed by atoms with E-state index in [1.807, 2.05) is 0 Å². The van der Waals surface area contributed by atoms with Gasteiger partial charge in [-0.2, -0.15) is 10.2 Å². The number of hydrogen-bond donors (Lipinski definition) is 1. The molecule has 2 aromatic carbocycles. The molecule has 0 bridgehead atoms. The summed E-state index contributed by atoms with van der Waals surface area (Å²) in [5, 5.41) is 12.7. The Bertz CT molecular complexity index is 1680. The van der Waals surface area contributed by atoms with E-state index in [0.29, 0.717) is 40.1 Å². The lowest BCUT2D eigenvalue weighted by Crippen LogP contribution is -2.25. The molecule has 4 heterocycles. The third-order valence-corrected chi connectivity index (χ3v) is 6.88. The van der Waals surface area contributed by atoms with Gasteiger partial charge in [-0.15, -0.1) is 0 Å². The fourth-order valence-corrected chi connectivity index (χ4v) is 5.02. The van der Waals surface area contributed by atoms with Crippen LogP contribution in [0.2, 0.25) is 0 Å². The van der Waals surface area contributed by atoms with E-state index < -0.39 is 11.5 Å². The first kappa shape index (κ1) is 22.4. The number of halogens is 2. The lowest BCUT2D eigenvalue weighted by atomic mass is 10.1. The minimum Gasteiger partial charge on any atom is -0.312 e. The van der Waals surface area contributed by atoms with E-state index in [2.05, 4.69) is 10.4 Å². The van der Waals surface area contributed by atoms with E-state index in [1.165, 1.54) is 15.3 Å². The SMILES string of the molecule is Cc1cc(-n2nc3c(c2-n2ccn(-c4ccc5c(cnn5C)c4F)c2=O)CNCCC3)cc(C)c1F. The minimum atomic E-state index is -0.515. The van der Waals surface area contributed by atoms with Gasteiger partial charge in [-0.3, -0.25) is 13.8 Å². The Morgan fingerprint density at radius 3 is 2.56 bits per heavy atom. The monoisotopic (exact) mass is 489 g/mol. The van der Waals surface area contributed by atoms with Crippen molar-refractivity contribution in [1.29, 1.82) is 0 Å². The first-order valence-electron chi connectivity index (χ1n) is 11.8. The summed E-state index contributed by atoms with van der Waals surface area (Å²) in [6.45, 7) is 4.80. The summed E-state index contributed by atoms with van der Waals surface area (Å²) in [7, 11) is 1.74. The highest BCUT2D eigenvalue weighted by Crippen LogP contribution is 2.28. The molecule has 0 unspecified atom stereocenters. The maximum Gasteiger partial charge on any atom is 0.338 e. The van der Waals surface area contributed by atoms with Gasteiger partial charge in [0.1, 0.15) is 11.6 Å². The van der Waals surface area contributed by atoms with Gasteiger partial charge in [0, 0.05) is 31.5 Å². The summed E-state index contributed by atoms with van der Waals surface area (Å²) in [6.07, 6.45) is 6.30. The first-order valence-corrected chi connectivity index (χ1v) is 11.8. The summed E-state index contributed by atoms with van der Waals surface area (Å²) in [5.74, 6) is -0.212. The van der Waals surface area contributed by atoms with E-state index in [-0.39, 0.29) is 11.5 Å². The summed E-state index contributed by atoms with van der Waals surface area (Å²) in [5.41, 5.74) is 3.79. The van der Waals surface area contributed by atoms with Gasteiger partial charge >= 0.3 is 5.69 Å². The lowest BCUT2D eigenvalue weighted by molar-refractivity contribution is 0.607. The van der Waals surface area contributed by atoms with E-state index >= 15 is 4.39 Å². The number of nitrogens with zero attached hydrogens (tertiary/aromatic N) is 6. The molecule has 0 aliphatic carbocycles. The van der Waals surface area contributed by atoms with Gasteiger partial charge in [-0.05, 0) is 68.6 Å². The molecule has 0 saturated heterocycles. The predicted molar refractivity (Wildman–Crippen MR) is 132 cm³/mol. The molecule has 0 amide bonds. The van der Waals surface area contributed by atoms with Crippen molar-refractivity contribution in [3.63, 3.8) is 0 Å². The van der Waals surface area contributed by atoms with E-state index in [4.69, 9.17) is 5.10 Å². The van der Waals surface area contributed by atoms with Gasteiger partial charge in [0.2, 0.25) is 0 Å². The van der Waals surface area contributed by atoms with Crippen LogP contribution in [0.1, 0.15) is 28.8 Å². The summed E-state index contributed by atoms with van der Waals surface area (Å²) in [6, 6.07) is 6.78. The van der Waals surface area contributed by atoms with Crippen molar-refractivity contribution in [2.75, 3.05) is 6.54 Å². The Balaban J connectivity index is 1.57. The van der Waals surface area contributed by atoms with Crippen LogP contribution in [0.4, 0.5) is 8.78 Å². The summed E-state index contributed by atoms with van der Waals surface area (Å²) in [4.78, 5) is 13.7. The number of imidazole rings is 1. The highest BCUT2D eigenvalue weighted by molar-refractivity contribution is 5.81. The van der Waals surface area contributed by atoms with Crippen LogP contribution in [0.5, 0.6) is 0 Å². The smallest absolute Gasteiger partial charge is 0.312 e. The molecule has 1 aliphatic rings.